The van der Waals surface area contributed by atoms with Gasteiger partial charge in [-0.2, -0.15) is 13.2 Å². The van der Waals surface area contributed by atoms with Crippen LogP contribution in [0.2, 0.25) is 0 Å². The number of benzene rings is 3. The van der Waals surface area contributed by atoms with Crippen molar-refractivity contribution < 1.29 is 37.5 Å². The molecule has 12 heteroatoms. The molecule has 9 nitrogen and oxygen atoms in total. The van der Waals surface area contributed by atoms with Gasteiger partial charge in [-0.3, -0.25) is 19.2 Å². The molecule has 0 radical (unpaired) electrons. The zero-order chi connectivity index (χ0) is 29.6. The largest absolute Gasteiger partial charge is 0.481 e. The number of amides is 3. The molecule has 3 N–H and O–H groups in total. The van der Waals surface area contributed by atoms with Gasteiger partial charge in [0.2, 0.25) is 18.2 Å². The maximum atomic E-state index is 13.0. The number of hydrazine groups is 1. The van der Waals surface area contributed by atoms with Crippen molar-refractivity contribution in [3.05, 3.63) is 95.6 Å². The first-order valence-corrected chi connectivity index (χ1v) is 12.7. The van der Waals surface area contributed by atoms with Crippen molar-refractivity contribution in [2.45, 2.75) is 31.6 Å². The Morgan fingerprint density at radius 3 is 2.39 bits per heavy atom. The highest BCUT2D eigenvalue weighted by molar-refractivity contribution is 6.01. The van der Waals surface area contributed by atoms with Crippen molar-refractivity contribution in [2.24, 2.45) is 5.92 Å². The van der Waals surface area contributed by atoms with Crippen LogP contribution in [0.15, 0.2) is 78.9 Å². The van der Waals surface area contributed by atoms with Crippen LogP contribution in [0, 0.1) is 5.92 Å². The van der Waals surface area contributed by atoms with E-state index in [4.69, 9.17) is 0 Å². The van der Waals surface area contributed by atoms with Gasteiger partial charge in [-0.25, -0.2) is 10.4 Å². The molecule has 1 saturated heterocycles. The zero-order valence-corrected chi connectivity index (χ0v) is 21.7. The molecule has 0 saturated carbocycles. The molecular weight excluding hydrogens is 541 g/mol. The van der Waals surface area contributed by atoms with Crippen LogP contribution in [-0.2, 0) is 31.9 Å². The number of carbonyl (C=O) groups is 4. The van der Waals surface area contributed by atoms with Crippen molar-refractivity contribution in [1.82, 2.24) is 10.7 Å². The second-order valence-electron chi connectivity index (χ2n) is 9.50. The number of rotatable bonds is 11. The normalized spacial score (nSPS) is 15.8. The summed E-state index contributed by atoms with van der Waals surface area (Å²) in [5, 5.41) is 13.2. The highest BCUT2D eigenvalue weighted by atomic mass is 19.4. The van der Waals surface area contributed by atoms with Crippen LogP contribution < -0.4 is 20.7 Å². The van der Waals surface area contributed by atoms with E-state index < -0.39 is 35.6 Å². The summed E-state index contributed by atoms with van der Waals surface area (Å²) in [6.45, 7) is 0.119. The second kappa shape index (κ2) is 12.6. The summed E-state index contributed by atoms with van der Waals surface area (Å²) >= 11 is 0. The monoisotopic (exact) mass is 568 g/mol. The number of alkyl halides is 3. The molecule has 0 aromatic heterocycles. The summed E-state index contributed by atoms with van der Waals surface area (Å²) in [4.78, 5) is 50.5. The Kier molecular flexibility index (Phi) is 9.03. The van der Waals surface area contributed by atoms with Gasteiger partial charge in [0.15, 0.2) is 0 Å². The molecule has 1 aliphatic heterocycles. The molecule has 3 aromatic rings. The van der Waals surface area contributed by atoms with E-state index in [1.165, 1.54) is 17.0 Å². The number of hydrogen-bond donors (Lipinski definition) is 3. The highest BCUT2D eigenvalue weighted by Gasteiger charge is 2.36. The molecule has 41 heavy (non-hydrogen) atoms. The van der Waals surface area contributed by atoms with Crippen molar-refractivity contribution in [1.29, 1.82) is 0 Å². The number of anilines is 2. The molecule has 2 unspecified atom stereocenters. The molecule has 1 heterocycles. The Hall–Kier alpha value is -4.71. The molecule has 3 aromatic carbocycles. The number of aliphatic carboxylic acids is 1. The van der Waals surface area contributed by atoms with Crippen LogP contribution in [-0.4, -0.2) is 35.8 Å². The molecule has 0 bridgehead atoms. The lowest BCUT2D eigenvalue weighted by molar-refractivity contribution is -0.138. The summed E-state index contributed by atoms with van der Waals surface area (Å²) in [5.74, 6) is -2.55. The number of halogens is 3. The Labute approximate surface area is 233 Å². The van der Waals surface area contributed by atoms with Gasteiger partial charge < -0.3 is 15.3 Å². The van der Waals surface area contributed by atoms with Crippen LogP contribution in [0.1, 0.15) is 35.6 Å². The van der Waals surface area contributed by atoms with Crippen molar-refractivity contribution in [3.8, 4) is 0 Å². The van der Waals surface area contributed by atoms with Crippen molar-refractivity contribution >= 4 is 35.6 Å². The van der Waals surface area contributed by atoms with Crippen LogP contribution >= 0.6 is 0 Å². The first kappa shape index (κ1) is 29.3. The average Bonchev–Trinajstić information content (AvgIpc) is 3.35. The van der Waals surface area contributed by atoms with Crippen LogP contribution in [0.4, 0.5) is 24.5 Å². The lowest BCUT2D eigenvalue weighted by Gasteiger charge is -2.23. The van der Waals surface area contributed by atoms with E-state index >= 15 is 0 Å². The first-order valence-electron chi connectivity index (χ1n) is 12.7. The van der Waals surface area contributed by atoms with Gasteiger partial charge >= 0.3 is 12.1 Å². The molecule has 4 rings (SSSR count). The number of nitrogens with one attached hydrogen (secondary N) is 2. The molecule has 214 valence electrons. The summed E-state index contributed by atoms with van der Waals surface area (Å²) in [6.07, 6.45) is -4.34. The molecule has 3 amide bonds. The number of nitrogens with zero attached hydrogens (tertiary/aromatic N) is 2. The minimum Gasteiger partial charge on any atom is -0.481 e. The number of hydrogen-bond acceptors (Lipinski definition) is 5. The van der Waals surface area contributed by atoms with Crippen LogP contribution in [0.5, 0.6) is 0 Å². The Bertz CT molecular complexity index is 1400. The Balaban J connectivity index is 1.41. The Morgan fingerprint density at radius 2 is 1.76 bits per heavy atom. The van der Waals surface area contributed by atoms with E-state index in [-0.39, 0.29) is 31.8 Å². The van der Waals surface area contributed by atoms with Gasteiger partial charge in [-0.1, -0.05) is 48.5 Å². The van der Waals surface area contributed by atoms with E-state index in [0.717, 1.165) is 17.1 Å². The number of carboxylic acids is 1. The third-order valence-electron chi connectivity index (χ3n) is 6.65. The molecular formula is C29H27F3N4O5. The molecule has 1 aliphatic rings. The summed E-state index contributed by atoms with van der Waals surface area (Å²) < 4.78 is 38.4. The van der Waals surface area contributed by atoms with Crippen LogP contribution in [0.25, 0.3) is 0 Å². The van der Waals surface area contributed by atoms with Crippen LogP contribution in [0.3, 0.4) is 0 Å². The summed E-state index contributed by atoms with van der Waals surface area (Å²) in [6, 6.07) is 18.9. The van der Waals surface area contributed by atoms with E-state index in [1.807, 2.05) is 0 Å². The quantitative estimate of drug-likeness (QED) is 0.237. The average molecular weight is 569 g/mol. The lowest BCUT2D eigenvalue weighted by Crippen LogP contribution is -2.37. The van der Waals surface area contributed by atoms with E-state index in [2.05, 4.69) is 10.7 Å². The predicted molar refractivity (Wildman–Crippen MR) is 143 cm³/mol. The van der Waals surface area contributed by atoms with Gasteiger partial charge in [0.1, 0.15) is 0 Å². The smallest absolute Gasteiger partial charge is 0.416 e. The number of carboxylic acid groups (broad SMARTS) is 1. The first-order chi connectivity index (χ1) is 19.5. The van der Waals surface area contributed by atoms with Gasteiger partial charge in [0.05, 0.1) is 29.6 Å². The van der Waals surface area contributed by atoms with E-state index in [0.29, 0.717) is 28.9 Å². The lowest BCUT2D eigenvalue weighted by atomic mass is 10.0. The van der Waals surface area contributed by atoms with Gasteiger partial charge in [0.25, 0.3) is 0 Å². The standard InChI is InChI=1S/C29H27F3N4O5/c30-29(31,32)22-11-9-19(10-12-22)16-33-36(18-37)24-8-4-7-23(14-24)35-17-21(13-26(35)38)28(41)34-25(15-27(39)40)20-5-2-1-3-6-20/h1-12,14,18,21,25,33H,13,15-17H2,(H,34,41)(H,39,40). The van der Waals surface area contributed by atoms with E-state index in [1.54, 1.807) is 54.6 Å². The second-order valence-corrected chi connectivity index (χ2v) is 9.50. The van der Waals surface area contributed by atoms with Crippen molar-refractivity contribution in [2.75, 3.05) is 16.5 Å². The van der Waals surface area contributed by atoms with Crippen molar-refractivity contribution in [3.63, 3.8) is 0 Å². The Morgan fingerprint density at radius 1 is 1.05 bits per heavy atom. The van der Waals surface area contributed by atoms with Gasteiger partial charge in [0, 0.05) is 25.2 Å². The maximum Gasteiger partial charge on any atom is 0.416 e. The zero-order valence-electron chi connectivity index (χ0n) is 21.7. The van der Waals surface area contributed by atoms with E-state index in [9.17, 15) is 37.5 Å². The minimum atomic E-state index is -4.45. The fraction of sp³-hybridized carbons (Fsp3) is 0.241. The SMILES string of the molecule is O=CN(NCc1ccc(C(F)(F)F)cc1)c1cccc(N2CC(C(=O)NC(CC(=O)O)c3ccccc3)CC2=O)c1. The fourth-order valence-corrected chi connectivity index (χ4v) is 4.52. The molecule has 0 spiro atoms. The summed E-state index contributed by atoms with van der Waals surface area (Å²) in [5.41, 5.74) is 4.02. The molecule has 2 atom stereocenters. The summed E-state index contributed by atoms with van der Waals surface area (Å²) in [7, 11) is 0. The fourth-order valence-electron chi connectivity index (χ4n) is 4.52. The predicted octanol–water partition coefficient (Wildman–Crippen LogP) is 4.06. The minimum absolute atomic E-state index is 0.0583. The highest BCUT2D eigenvalue weighted by Crippen LogP contribution is 2.30. The molecule has 0 aliphatic carbocycles. The van der Waals surface area contributed by atoms with Gasteiger partial charge in [-0.15, -0.1) is 0 Å². The topological polar surface area (TPSA) is 119 Å². The molecule has 1 fully saturated rings. The third kappa shape index (κ3) is 7.48. The maximum absolute atomic E-state index is 13.0. The number of carbonyl (C=O) groups excluding carboxylic acids is 3. The third-order valence-corrected chi connectivity index (χ3v) is 6.65. The van der Waals surface area contributed by atoms with Gasteiger partial charge in [-0.05, 0) is 41.5 Å².